The van der Waals surface area contributed by atoms with E-state index in [4.69, 9.17) is 4.74 Å². The third-order valence-electron chi connectivity index (χ3n) is 5.93. The summed E-state index contributed by atoms with van der Waals surface area (Å²) in [7, 11) is 1.23. The Morgan fingerprint density at radius 1 is 0.943 bits per heavy atom. The molecule has 0 atom stereocenters. The van der Waals surface area contributed by atoms with Gasteiger partial charge in [-0.1, -0.05) is 48.5 Å². The number of rotatable bonds is 4. The summed E-state index contributed by atoms with van der Waals surface area (Å²) < 4.78 is 6.43. The van der Waals surface area contributed by atoms with E-state index in [1.165, 1.54) is 11.7 Å². The number of carbonyl (C=O) groups excluding carboxylic acids is 1. The van der Waals surface area contributed by atoms with Crippen molar-refractivity contribution in [1.82, 2.24) is 14.5 Å². The van der Waals surface area contributed by atoms with E-state index in [1.54, 1.807) is 31.5 Å². The van der Waals surface area contributed by atoms with Crippen molar-refractivity contribution in [3.05, 3.63) is 107 Å². The van der Waals surface area contributed by atoms with Gasteiger partial charge >= 0.3 is 5.97 Å². The average molecular weight is 463 g/mol. The minimum absolute atomic E-state index is 0.237. The van der Waals surface area contributed by atoms with Gasteiger partial charge in [0.1, 0.15) is 0 Å². The van der Waals surface area contributed by atoms with Crippen LogP contribution in [0.2, 0.25) is 0 Å². The van der Waals surface area contributed by atoms with Gasteiger partial charge in [-0.05, 0) is 42.3 Å². The van der Waals surface area contributed by atoms with Crippen molar-refractivity contribution >= 4 is 16.9 Å². The summed E-state index contributed by atoms with van der Waals surface area (Å²) in [5, 5.41) is 11.7. The molecule has 3 heterocycles. The second-order valence-electron chi connectivity index (χ2n) is 7.96. The van der Waals surface area contributed by atoms with E-state index in [1.807, 2.05) is 60.7 Å². The van der Waals surface area contributed by atoms with Crippen LogP contribution in [0.15, 0.2) is 90.0 Å². The Balaban J connectivity index is 2.07. The molecular weight excluding hydrogens is 442 g/mol. The second-order valence-corrected chi connectivity index (χ2v) is 7.96. The number of para-hydroxylation sites is 1. The topological polar surface area (TPSA) is 94.3 Å². The molecule has 0 saturated heterocycles. The minimum Gasteiger partial charge on any atom is -0.505 e. The summed E-state index contributed by atoms with van der Waals surface area (Å²) in [4.78, 5) is 35.4. The highest BCUT2D eigenvalue weighted by Gasteiger charge is 2.27. The molecular formula is C28H21N3O4. The van der Waals surface area contributed by atoms with Gasteiger partial charge in [0.15, 0.2) is 11.4 Å². The Labute approximate surface area is 200 Å². The van der Waals surface area contributed by atoms with Crippen LogP contribution < -0.4 is 5.56 Å². The van der Waals surface area contributed by atoms with Crippen molar-refractivity contribution in [1.29, 1.82) is 0 Å². The summed E-state index contributed by atoms with van der Waals surface area (Å²) in [6.45, 7) is 1.76. The SMILES string of the molecule is COC(=O)c1nc(-c2cccnc2)c2c(c(C)c(-c3ccccc3)c(=O)n2-c2ccccc2)c1O. The molecule has 5 aromatic rings. The molecule has 0 radical (unpaired) electrons. The number of aromatic nitrogens is 3. The van der Waals surface area contributed by atoms with Crippen LogP contribution in [0.4, 0.5) is 0 Å². The average Bonchev–Trinajstić information content (AvgIpc) is 2.90. The van der Waals surface area contributed by atoms with E-state index in [9.17, 15) is 14.7 Å². The first-order chi connectivity index (χ1) is 17.0. The van der Waals surface area contributed by atoms with Gasteiger partial charge in [0, 0.05) is 29.0 Å². The standard InChI is InChI=1S/C28H21N3O4/c1-17-21(18-10-5-3-6-11-18)27(33)31(20-13-7-4-8-14-20)25-22(17)26(32)24(28(34)35-2)30-23(25)19-12-9-15-29-16-19/h3-16,32H,1-2H3. The maximum absolute atomic E-state index is 14.1. The molecule has 0 amide bonds. The van der Waals surface area contributed by atoms with Crippen LogP contribution in [0.5, 0.6) is 5.75 Å². The van der Waals surface area contributed by atoms with Crippen molar-refractivity contribution in [2.75, 3.05) is 7.11 Å². The fraction of sp³-hybridized carbons (Fsp3) is 0.0714. The monoisotopic (exact) mass is 463 g/mol. The maximum atomic E-state index is 14.1. The van der Waals surface area contributed by atoms with Crippen molar-refractivity contribution in [3.8, 4) is 33.8 Å². The lowest BCUT2D eigenvalue weighted by molar-refractivity contribution is 0.0591. The number of ether oxygens (including phenoxy) is 1. The van der Waals surface area contributed by atoms with Crippen LogP contribution in [0, 0.1) is 6.92 Å². The number of methoxy groups -OCH3 is 1. The molecule has 7 nitrogen and oxygen atoms in total. The number of hydrogen-bond donors (Lipinski definition) is 1. The fourth-order valence-electron chi connectivity index (χ4n) is 4.35. The summed E-state index contributed by atoms with van der Waals surface area (Å²) in [6.07, 6.45) is 3.22. The molecule has 7 heteroatoms. The number of pyridine rings is 3. The summed E-state index contributed by atoms with van der Waals surface area (Å²) in [5.41, 5.74) is 3.00. The van der Waals surface area contributed by atoms with E-state index in [0.717, 1.165) is 0 Å². The molecule has 0 bridgehead atoms. The van der Waals surface area contributed by atoms with Crippen LogP contribution in [-0.2, 0) is 4.74 Å². The number of carbonyl (C=O) groups is 1. The highest BCUT2D eigenvalue weighted by atomic mass is 16.5. The van der Waals surface area contributed by atoms with Gasteiger partial charge in [-0.3, -0.25) is 14.3 Å². The normalized spacial score (nSPS) is 10.9. The zero-order valence-electron chi connectivity index (χ0n) is 19.1. The van der Waals surface area contributed by atoms with Gasteiger partial charge in [0.2, 0.25) is 0 Å². The highest BCUT2D eigenvalue weighted by molar-refractivity contribution is 6.06. The molecule has 0 aliphatic rings. The molecule has 0 unspecified atom stereocenters. The Morgan fingerprint density at radius 3 is 2.23 bits per heavy atom. The molecule has 0 aliphatic carbocycles. The second kappa shape index (κ2) is 8.87. The number of esters is 1. The summed E-state index contributed by atoms with van der Waals surface area (Å²) in [6, 6.07) is 21.9. The van der Waals surface area contributed by atoms with Gasteiger partial charge in [0.05, 0.1) is 23.9 Å². The fourth-order valence-corrected chi connectivity index (χ4v) is 4.35. The summed E-state index contributed by atoms with van der Waals surface area (Å²) in [5.74, 6) is -1.13. The van der Waals surface area contributed by atoms with E-state index in [2.05, 4.69) is 9.97 Å². The smallest absolute Gasteiger partial charge is 0.360 e. The van der Waals surface area contributed by atoms with Gasteiger partial charge in [0.25, 0.3) is 5.56 Å². The predicted molar refractivity (Wildman–Crippen MR) is 134 cm³/mol. The van der Waals surface area contributed by atoms with E-state index < -0.39 is 5.97 Å². The lowest BCUT2D eigenvalue weighted by Gasteiger charge is -2.20. The quantitative estimate of drug-likeness (QED) is 0.381. The molecule has 0 spiro atoms. The van der Waals surface area contributed by atoms with Crippen molar-refractivity contribution in [2.24, 2.45) is 0 Å². The van der Waals surface area contributed by atoms with Gasteiger partial charge in [-0.2, -0.15) is 0 Å². The number of fused-ring (bicyclic) bond motifs is 1. The van der Waals surface area contributed by atoms with E-state index in [0.29, 0.717) is 44.5 Å². The molecule has 0 saturated carbocycles. The van der Waals surface area contributed by atoms with E-state index >= 15 is 0 Å². The Kier molecular flexibility index (Phi) is 5.58. The van der Waals surface area contributed by atoms with Crippen molar-refractivity contribution in [3.63, 3.8) is 0 Å². The predicted octanol–water partition coefficient (Wildman–Crippen LogP) is 4.92. The van der Waals surface area contributed by atoms with Crippen LogP contribution in [0.1, 0.15) is 16.1 Å². The minimum atomic E-state index is -0.785. The molecule has 0 fully saturated rings. The number of nitrogens with zero attached hydrogens (tertiary/aromatic N) is 3. The van der Waals surface area contributed by atoms with E-state index in [-0.39, 0.29) is 17.0 Å². The zero-order valence-corrected chi connectivity index (χ0v) is 19.1. The number of benzene rings is 2. The molecule has 35 heavy (non-hydrogen) atoms. The van der Waals surface area contributed by atoms with Crippen molar-refractivity contribution < 1.29 is 14.6 Å². The largest absolute Gasteiger partial charge is 0.505 e. The Morgan fingerprint density at radius 2 is 1.60 bits per heavy atom. The molecule has 172 valence electrons. The first-order valence-corrected chi connectivity index (χ1v) is 10.9. The highest BCUT2D eigenvalue weighted by Crippen LogP contribution is 2.39. The molecule has 2 aromatic carbocycles. The maximum Gasteiger partial charge on any atom is 0.360 e. The Hall–Kier alpha value is -4.78. The van der Waals surface area contributed by atoms with Gasteiger partial charge < -0.3 is 9.84 Å². The van der Waals surface area contributed by atoms with Crippen LogP contribution in [-0.4, -0.2) is 32.7 Å². The number of aromatic hydroxyl groups is 1. The first-order valence-electron chi connectivity index (χ1n) is 10.9. The number of hydrogen-bond acceptors (Lipinski definition) is 6. The molecule has 5 rings (SSSR count). The van der Waals surface area contributed by atoms with Crippen LogP contribution in [0.3, 0.4) is 0 Å². The van der Waals surface area contributed by atoms with Crippen LogP contribution >= 0.6 is 0 Å². The first kappa shape index (κ1) is 22.0. The summed E-state index contributed by atoms with van der Waals surface area (Å²) >= 11 is 0. The molecule has 0 aliphatic heterocycles. The molecule has 3 aromatic heterocycles. The van der Waals surface area contributed by atoms with Gasteiger partial charge in [-0.15, -0.1) is 0 Å². The number of aryl methyl sites for hydroxylation is 1. The Bertz CT molecular complexity index is 1610. The zero-order chi connectivity index (χ0) is 24.5. The van der Waals surface area contributed by atoms with Gasteiger partial charge in [-0.25, -0.2) is 9.78 Å². The lowest BCUT2D eigenvalue weighted by Crippen LogP contribution is -2.23. The third-order valence-corrected chi connectivity index (χ3v) is 5.93. The lowest BCUT2D eigenvalue weighted by atomic mass is 9.95. The molecule has 1 N–H and O–H groups in total. The van der Waals surface area contributed by atoms with Crippen molar-refractivity contribution in [2.45, 2.75) is 6.92 Å². The third kappa shape index (κ3) is 3.63. The van der Waals surface area contributed by atoms with Crippen LogP contribution in [0.25, 0.3) is 39.0 Å².